The third-order valence-corrected chi connectivity index (χ3v) is 4.86. The summed E-state index contributed by atoms with van der Waals surface area (Å²) < 4.78 is 41.1. The van der Waals surface area contributed by atoms with Crippen molar-refractivity contribution >= 4 is 17.0 Å². The first kappa shape index (κ1) is 18.3. The second kappa shape index (κ2) is 6.50. The van der Waals surface area contributed by atoms with Crippen LogP contribution in [0.25, 0.3) is 11.0 Å². The molecule has 0 aliphatic heterocycles. The molecule has 0 atom stereocenters. The lowest BCUT2D eigenvalue weighted by Crippen LogP contribution is -2.25. The van der Waals surface area contributed by atoms with E-state index in [-0.39, 0.29) is 17.8 Å². The number of pyridine rings is 1. The predicted molar refractivity (Wildman–Crippen MR) is 94.2 cm³/mol. The molecule has 6 nitrogen and oxygen atoms in total. The molecule has 1 fully saturated rings. The molecule has 2 heterocycles. The van der Waals surface area contributed by atoms with E-state index < -0.39 is 17.8 Å². The van der Waals surface area contributed by atoms with E-state index in [0.29, 0.717) is 29.1 Å². The molecule has 28 heavy (non-hydrogen) atoms. The Morgan fingerprint density at radius 2 is 1.89 bits per heavy atom. The molecule has 1 aliphatic rings. The second-order valence-corrected chi connectivity index (χ2v) is 6.98. The maximum absolute atomic E-state index is 12.9. The molecule has 1 saturated carbocycles. The van der Waals surface area contributed by atoms with Gasteiger partial charge in [-0.05, 0) is 48.6 Å². The van der Waals surface area contributed by atoms with Gasteiger partial charge in [0.05, 0.1) is 23.1 Å². The molecule has 0 amide bonds. The number of benzene rings is 1. The van der Waals surface area contributed by atoms with Gasteiger partial charge in [0.1, 0.15) is 5.69 Å². The van der Waals surface area contributed by atoms with Gasteiger partial charge in [-0.25, -0.2) is 9.59 Å². The molecular weight excluding hydrogens is 375 g/mol. The summed E-state index contributed by atoms with van der Waals surface area (Å²) in [5.74, 6) is -0.698. The van der Waals surface area contributed by atoms with Crippen molar-refractivity contribution in [1.29, 1.82) is 0 Å². The highest BCUT2D eigenvalue weighted by atomic mass is 19.4. The number of rotatable bonds is 5. The highest BCUT2D eigenvalue weighted by Gasteiger charge is 2.32. The standard InChI is InChI=1S/C19H16F3N3O3/c20-19(21,22)16-6-3-12(8-23-16)10-25-15-7-13(17(26)27)4-5-14(15)24(18(25)28)9-11-1-2-11/h3-8,11H,1-2,9-10H2,(H,26,27). The van der Waals surface area contributed by atoms with Crippen LogP contribution in [0.4, 0.5) is 13.2 Å². The summed E-state index contributed by atoms with van der Waals surface area (Å²) in [7, 11) is 0. The Balaban J connectivity index is 1.78. The number of nitrogens with zero attached hydrogens (tertiary/aromatic N) is 3. The lowest BCUT2D eigenvalue weighted by atomic mass is 10.2. The van der Waals surface area contributed by atoms with Gasteiger partial charge in [0.15, 0.2) is 0 Å². The quantitative estimate of drug-likeness (QED) is 0.724. The van der Waals surface area contributed by atoms with Gasteiger partial charge in [0.2, 0.25) is 0 Å². The molecule has 9 heteroatoms. The molecule has 1 N–H and O–H groups in total. The van der Waals surface area contributed by atoms with Gasteiger partial charge in [-0.15, -0.1) is 0 Å². The molecule has 0 bridgehead atoms. The van der Waals surface area contributed by atoms with Crippen LogP contribution in [-0.4, -0.2) is 25.2 Å². The number of carbonyl (C=O) groups is 1. The first-order valence-electron chi connectivity index (χ1n) is 8.72. The van der Waals surface area contributed by atoms with Gasteiger partial charge < -0.3 is 5.11 Å². The Morgan fingerprint density at radius 1 is 1.14 bits per heavy atom. The fourth-order valence-electron chi connectivity index (χ4n) is 3.21. The molecule has 0 unspecified atom stereocenters. The Kier molecular flexibility index (Phi) is 4.24. The van der Waals surface area contributed by atoms with E-state index >= 15 is 0 Å². The Hall–Kier alpha value is -3.10. The van der Waals surface area contributed by atoms with Crippen molar-refractivity contribution in [3.05, 3.63) is 63.8 Å². The minimum Gasteiger partial charge on any atom is -0.478 e. The predicted octanol–water partition coefficient (Wildman–Crippen LogP) is 3.37. The van der Waals surface area contributed by atoms with Crippen LogP contribution < -0.4 is 5.69 Å². The van der Waals surface area contributed by atoms with Crippen LogP contribution in [0.2, 0.25) is 0 Å². The highest BCUT2D eigenvalue weighted by Crippen LogP contribution is 2.31. The van der Waals surface area contributed by atoms with Crippen LogP contribution in [0.3, 0.4) is 0 Å². The molecule has 0 saturated heterocycles. The molecule has 0 spiro atoms. The van der Waals surface area contributed by atoms with Gasteiger partial charge in [0.25, 0.3) is 0 Å². The van der Waals surface area contributed by atoms with E-state index in [1.807, 2.05) is 0 Å². The summed E-state index contributed by atoms with van der Waals surface area (Å²) >= 11 is 0. The van der Waals surface area contributed by atoms with Crippen LogP contribution in [0.5, 0.6) is 0 Å². The summed E-state index contributed by atoms with van der Waals surface area (Å²) in [6, 6.07) is 6.60. The van der Waals surface area contributed by atoms with Gasteiger partial charge >= 0.3 is 17.8 Å². The van der Waals surface area contributed by atoms with Crippen molar-refractivity contribution in [2.75, 3.05) is 0 Å². The lowest BCUT2D eigenvalue weighted by Gasteiger charge is -2.07. The number of aromatic carboxylic acids is 1. The number of halogens is 3. The van der Waals surface area contributed by atoms with Gasteiger partial charge in [-0.2, -0.15) is 13.2 Å². The summed E-state index contributed by atoms with van der Waals surface area (Å²) in [4.78, 5) is 27.7. The SMILES string of the molecule is O=C(O)c1ccc2c(c1)n(Cc1ccc(C(F)(F)F)nc1)c(=O)n2CC1CC1. The first-order valence-corrected chi connectivity index (χ1v) is 8.72. The molecule has 1 aromatic carbocycles. The maximum Gasteiger partial charge on any atom is 0.433 e. The number of imidazole rings is 1. The van der Waals surface area contributed by atoms with Crippen LogP contribution in [0.15, 0.2) is 41.3 Å². The Bertz CT molecular complexity index is 1110. The monoisotopic (exact) mass is 391 g/mol. The number of hydrogen-bond donors (Lipinski definition) is 1. The van der Waals surface area contributed by atoms with Crippen LogP contribution in [0.1, 0.15) is 34.5 Å². The minimum absolute atomic E-state index is 0.00120. The van der Waals surface area contributed by atoms with Gasteiger partial charge in [-0.3, -0.25) is 14.1 Å². The van der Waals surface area contributed by atoms with E-state index in [9.17, 15) is 27.9 Å². The zero-order valence-corrected chi connectivity index (χ0v) is 14.6. The van der Waals surface area contributed by atoms with Crippen molar-refractivity contribution in [2.24, 2.45) is 5.92 Å². The van der Waals surface area contributed by atoms with Crippen molar-refractivity contribution < 1.29 is 23.1 Å². The number of hydrogen-bond acceptors (Lipinski definition) is 3. The van der Waals surface area contributed by atoms with E-state index in [2.05, 4.69) is 4.98 Å². The topological polar surface area (TPSA) is 77.1 Å². The average molecular weight is 391 g/mol. The number of alkyl halides is 3. The number of carboxylic acid groups (broad SMARTS) is 1. The number of aromatic nitrogens is 3. The normalized spacial score (nSPS) is 14.5. The molecule has 2 aromatic heterocycles. The van der Waals surface area contributed by atoms with E-state index in [4.69, 9.17) is 0 Å². The minimum atomic E-state index is -4.54. The first-order chi connectivity index (χ1) is 13.2. The fraction of sp³-hybridized carbons (Fsp3) is 0.316. The maximum atomic E-state index is 12.9. The molecule has 3 aromatic rings. The Morgan fingerprint density at radius 3 is 2.46 bits per heavy atom. The van der Waals surface area contributed by atoms with Crippen molar-refractivity contribution in [2.45, 2.75) is 32.1 Å². The average Bonchev–Trinajstić information content (AvgIpc) is 3.43. The van der Waals surface area contributed by atoms with Gasteiger partial charge in [0, 0.05) is 12.7 Å². The largest absolute Gasteiger partial charge is 0.478 e. The van der Waals surface area contributed by atoms with Crippen LogP contribution in [-0.2, 0) is 19.3 Å². The summed E-state index contributed by atoms with van der Waals surface area (Å²) in [5, 5.41) is 9.25. The lowest BCUT2D eigenvalue weighted by molar-refractivity contribution is -0.141. The molecular formula is C19H16F3N3O3. The second-order valence-electron chi connectivity index (χ2n) is 6.98. The number of fused-ring (bicyclic) bond motifs is 1. The summed E-state index contributed by atoms with van der Waals surface area (Å²) in [5.41, 5.74) is 0.182. The molecule has 4 rings (SSSR count). The van der Waals surface area contributed by atoms with Crippen LogP contribution in [0, 0.1) is 5.92 Å². The van der Waals surface area contributed by atoms with Crippen molar-refractivity contribution in [1.82, 2.24) is 14.1 Å². The van der Waals surface area contributed by atoms with Crippen molar-refractivity contribution in [3.8, 4) is 0 Å². The smallest absolute Gasteiger partial charge is 0.433 e. The highest BCUT2D eigenvalue weighted by molar-refractivity contribution is 5.92. The van der Waals surface area contributed by atoms with E-state index in [1.54, 1.807) is 10.6 Å². The fourth-order valence-corrected chi connectivity index (χ4v) is 3.21. The third kappa shape index (κ3) is 3.39. The molecule has 0 radical (unpaired) electrons. The zero-order valence-electron chi connectivity index (χ0n) is 14.6. The third-order valence-electron chi connectivity index (χ3n) is 4.86. The van der Waals surface area contributed by atoms with Gasteiger partial charge in [-0.1, -0.05) is 6.07 Å². The Labute approximate surface area is 156 Å². The van der Waals surface area contributed by atoms with Crippen LogP contribution >= 0.6 is 0 Å². The summed E-state index contributed by atoms with van der Waals surface area (Å²) in [6.07, 6.45) is -1.38. The van der Waals surface area contributed by atoms with E-state index in [1.165, 1.54) is 22.8 Å². The summed E-state index contributed by atoms with van der Waals surface area (Å²) in [6.45, 7) is 0.543. The number of carboxylic acids is 1. The van der Waals surface area contributed by atoms with E-state index in [0.717, 1.165) is 25.1 Å². The van der Waals surface area contributed by atoms with Crippen molar-refractivity contribution in [3.63, 3.8) is 0 Å². The zero-order chi connectivity index (χ0) is 20.1. The molecule has 1 aliphatic carbocycles. The molecule has 146 valence electrons.